The third-order valence-electron chi connectivity index (χ3n) is 3.51. The molecule has 1 saturated carbocycles. The molecule has 104 valence electrons. The maximum absolute atomic E-state index is 11.9. The van der Waals surface area contributed by atoms with E-state index in [4.69, 9.17) is 11.6 Å². The molecule has 1 aromatic rings. The van der Waals surface area contributed by atoms with Gasteiger partial charge in [-0.05, 0) is 30.9 Å². The van der Waals surface area contributed by atoms with Crippen molar-refractivity contribution in [3.63, 3.8) is 0 Å². The van der Waals surface area contributed by atoms with E-state index in [1.165, 1.54) is 19.3 Å². The molecular formula is C15H21ClN2O. The predicted octanol–water partition coefficient (Wildman–Crippen LogP) is 3.45. The van der Waals surface area contributed by atoms with Gasteiger partial charge in [-0.2, -0.15) is 0 Å². The average Bonchev–Trinajstić information content (AvgIpc) is 3.21. The Hall–Kier alpha value is -1.06. The summed E-state index contributed by atoms with van der Waals surface area (Å²) in [4.78, 5) is 11.9. The monoisotopic (exact) mass is 280 g/mol. The Labute approximate surface area is 119 Å². The van der Waals surface area contributed by atoms with Crippen LogP contribution in [0.5, 0.6) is 0 Å². The van der Waals surface area contributed by atoms with Crippen LogP contribution < -0.4 is 10.6 Å². The first kappa shape index (κ1) is 14.4. The first-order valence-electron chi connectivity index (χ1n) is 6.96. The molecule has 1 fully saturated rings. The number of para-hydroxylation sites is 1. The number of carbonyl (C=O) groups is 1. The van der Waals surface area contributed by atoms with Crippen molar-refractivity contribution >= 4 is 23.2 Å². The SMILES string of the molecule is CCC(CC1CC1)NCC(=O)Nc1ccccc1Cl. The highest BCUT2D eigenvalue weighted by molar-refractivity contribution is 6.33. The third-order valence-corrected chi connectivity index (χ3v) is 3.84. The normalized spacial score (nSPS) is 16.1. The zero-order chi connectivity index (χ0) is 13.7. The largest absolute Gasteiger partial charge is 0.324 e. The molecular weight excluding hydrogens is 260 g/mol. The minimum Gasteiger partial charge on any atom is -0.324 e. The van der Waals surface area contributed by atoms with Crippen LogP contribution in [-0.2, 0) is 4.79 Å². The molecule has 1 aromatic carbocycles. The Kier molecular flexibility index (Phi) is 5.23. The lowest BCUT2D eigenvalue weighted by Crippen LogP contribution is -2.36. The molecule has 19 heavy (non-hydrogen) atoms. The summed E-state index contributed by atoms with van der Waals surface area (Å²) in [5.74, 6) is 0.839. The van der Waals surface area contributed by atoms with Gasteiger partial charge in [-0.1, -0.05) is 43.5 Å². The Bertz CT molecular complexity index is 432. The lowest BCUT2D eigenvalue weighted by atomic mass is 10.1. The third kappa shape index (κ3) is 4.84. The highest BCUT2D eigenvalue weighted by atomic mass is 35.5. The van der Waals surface area contributed by atoms with Crippen LogP contribution in [0.2, 0.25) is 5.02 Å². The molecule has 2 rings (SSSR count). The highest BCUT2D eigenvalue weighted by Crippen LogP contribution is 2.33. The fraction of sp³-hybridized carbons (Fsp3) is 0.533. The predicted molar refractivity (Wildman–Crippen MR) is 79.5 cm³/mol. The van der Waals surface area contributed by atoms with Gasteiger partial charge in [0, 0.05) is 6.04 Å². The average molecular weight is 281 g/mol. The molecule has 0 saturated heterocycles. The summed E-state index contributed by atoms with van der Waals surface area (Å²) in [6.45, 7) is 2.50. The van der Waals surface area contributed by atoms with Crippen molar-refractivity contribution in [1.29, 1.82) is 0 Å². The van der Waals surface area contributed by atoms with Crippen molar-refractivity contribution in [2.75, 3.05) is 11.9 Å². The van der Waals surface area contributed by atoms with Crippen LogP contribution in [0.15, 0.2) is 24.3 Å². The molecule has 0 bridgehead atoms. The molecule has 0 heterocycles. The van der Waals surface area contributed by atoms with Gasteiger partial charge in [-0.3, -0.25) is 4.79 Å². The van der Waals surface area contributed by atoms with E-state index in [0.717, 1.165) is 12.3 Å². The van der Waals surface area contributed by atoms with Crippen molar-refractivity contribution in [2.45, 2.75) is 38.6 Å². The fourth-order valence-electron chi connectivity index (χ4n) is 2.14. The van der Waals surface area contributed by atoms with Gasteiger partial charge < -0.3 is 10.6 Å². The van der Waals surface area contributed by atoms with Gasteiger partial charge in [-0.25, -0.2) is 0 Å². The number of carbonyl (C=O) groups excluding carboxylic acids is 1. The Morgan fingerprint density at radius 3 is 2.79 bits per heavy atom. The number of anilines is 1. The van der Waals surface area contributed by atoms with Gasteiger partial charge in [0.25, 0.3) is 0 Å². The van der Waals surface area contributed by atoms with Crippen molar-refractivity contribution in [1.82, 2.24) is 5.32 Å². The summed E-state index contributed by atoms with van der Waals surface area (Å²) >= 11 is 6.00. The number of nitrogens with one attached hydrogen (secondary N) is 2. The second kappa shape index (κ2) is 6.92. The number of hydrogen-bond acceptors (Lipinski definition) is 2. The fourth-order valence-corrected chi connectivity index (χ4v) is 2.33. The first-order chi connectivity index (χ1) is 9.19. The van der Waals surface area contributed by atoms with Gasteiger partial charge in [-0.15, -0.1) is 0 Å². The van der Waals surface area contributed by atoms with Gasteiger partial charge in [0.1, 0.15) is 0 Å². The van der Waals surface area contributed by atoms with E-state index in [1.54, 1.807) is 6.07 Å². The van der Waals surface area contributed by atoms with Gasteiger partial charge in [0.15, 0.2) is 0 Å². The van der Waals surface area contributed by atoms with E-state index in [-0.39, 0.29) is 5.91 Å². The molecule has 1 aliphatic carbocycles. The van der Waals surface area contributed by atoms with Crippen LogP contribution in [-0.4, -0.2) is 18.5 Å². The molecule has 1 atom stereocenters. The van der Waals surface area contributed by atoms with E-state index < -0.39 is 0 Å². The highest BCUT2D eigenvalue weighted by Gasteiger charge is 2.24. The molecule has 1 amide bonds. The number of rotatable bonds is 7. The van der Waals surface area contributed by atoms with E-state index in [9.17, 15) is 4.79 Å². The maximum atomic E-state index is 11.9. The van der Waals surface area contributed by atoms with Crippen molar-refractivity contribution in [2.24, 2.45) is 5.92 Å². The minimum absolute atomic E-state index is 0.0395. The summed E-state index contributed by atoms with van der Waals surface area (Å²) in [6.07, 6.45) is 4.96. The zero-order valence-corrected chi connectivity index (χ0v) is 12.0. The number of hydrogen-bond donors (Lipinski definition) is 2. The molecule has 1 aliphatic rings. The summed E-state index contributed by atoms with van der Waals surface area (Å²) in [5, 5.41) is 6.72. The standard InChI is InChI=1S/C15H21ClN2O/c1-2-12(9-11-7-8-11)17-10-15(19)18-14-6-4-3-5-13(14)16/h3-6,11-12,17H,2,7-10H2,1H3,(H,18,19). The van der Waals surface area contributed by atoms with Gasteiger partial charge in [0.05, 0.1) is 17.3 Å². The van der Waals surface area contributed by atoms with Crippen LogP contribution in [0.3, 0.4) is 0 Å². The summed E-state index contributed by atoms with van der Waals surface area (Å²) in [7, 11) is 0. The molecule has 2 N–H and O–H groups in total. The lowest BCUT2D eigenvalue weighted by Gasteiger charge is -2.16. The molecule has 3 nitrogen and oxygen atoms in total. The van der Waals surface area contributed by atoms with Crippen LogP contribution >= 0.6 is 11.6 Å². The van der Waals surface area contributed by atoms with Crippen LogP contribution in [0.1, 0.15) is 32.6 Å². The second-order valence-corrected chi connectivity index (χ2v) is 5.60. The van der Waals surface area contributed by atoms with Crippen LogP contribution in [0.25, 0.3) is 0 Å². The molecule has 0 aliphatic heterocycles. The summed E-state index contributed by atoms with van der Waals surface area (Å²) in [6, 6.07) is 7.73. The van der Waals surface area contributed by atoms with Crippen LogP contribution in [0, 0.1) is 5.92 Å². The van der Waals surface area contributed by atoms with Crippen molar-refractivity contribution < 1.29 is 4.79 Å². The zero-order valence-electron chi connectivity index (χ0n) is 11.3. The van der Waals surface area contributed by atoms with Crippen molar-refractivity contribution in [3.8, 4) is 0 Å². The van der Waals surface area contributed by atoms with E-state index in [1.807, 2.05) is 18.2 Å². The van der Waals surface area contributed by atoms with E-state index >= 15 is 0 Å². The van der Waals surface area contributed by atoms with Crippen LogP contribution in [0.4, 0.5) is 5.69 Å². The first-order valence-corrected chi connectivity index (χ1v) is 7.34. The van der Waals surface area contributed by atoms with Gasteiger partial charge in [0.2, 0.25) is 5.91 Å². The van der Waals surface area contributed by atoms with Crippen molar-refractivity contribution in [3.05, 3.63) is 29.3 Å². The summed E-state index contributed by atoms with van der Waals surface area (Å²) < 4.78 is 0. The minimum atomic E-state index is -0.0395. The molecule has 4 heteroatoms. The number of halogens is 1. The van der Waals surface area contributed by atoms with Gasteiger partial charge >= 0.3 is 0 Å². The second-order valence-electron chi connectivity index (χ2n) is 5.19. The molecule has 0 aromatic heterocycles. The Balaban J connectivity index is 1.75. The number of amides is 1. The number of benzene rings is 1. The summed E-state index contributed by atoms with van der Waals surface area (Å²) in [5.41, 5.74) is 0.672. The Morgan fingerprint density at radius 2 is 2.16 bits per heavy atom. The smallest absolute Gasteiger partial charge is 0.238 e. The molecule has 1 unspecified atom stereocenters. The van der Waals surface area contributed by atoms with E-state index in [0.29, 0.717) is 23.3 Å². The molecule has 0 spiro atoms. The molecule has 0 radical (unpaired) electrons. The quantitative estimate of drug-likeness (QED) is 0.803. The topological polar surface area (TPSA) is 41.1 Å². The maximum Gasteiger partial charge on any atom is 0.238 e. The lowest BCUT2D eigenvalue weighted by molar-refractivity contribution is -0.115. The van der Waals surface area contributed by atoms with E-state index in [2.05, 4.69) is 17.6 Å². The Morgan fingerprint density at radius 1 is 1.42 bits per heavy atom.